The molecule has 4 rings (SSSR count). The number of pyridine rings is 1. The molecule has 0 amide bonds. The largest absolute Gasteiger partial charge is 0.367 e. The van der Waals surface area contributed by atoms with Crippen molar-refractivity contribution in [1.82, 2.24) is 20.1 Å². The van der Waals surface area contributed by atoms with Gasteiger partial charge in [-0.05, 0) is 43.4 Å². The van der Waals surface area contributed by atoms with Gasteiger partial charge in [0.15, 0.2) is 5.69 Å². The van der Waals surface area contributed by atoms with Crippen LogP contribution in [0.3, 0.4) is 0 Å². The maximum Gasteiger partial charge on any atom is 0.163 e. The number of aryl methyl sites for hydroxylation is 1. The Balaban J connectivity index is 1.40. The lowest BCUT2D eigenvalue weighted by atomic mass is 9.96. The Labute approximate surface area is 142 Å². The molecular weight excluding hydrogens is 300 g/mol. The van der Waals surface area contributed by atoms with Crippen LogP contribution in [0, 0.1) is 11.3 Å². The quantitative estimate of drug-likeness (QED) is 0.934. The molecule has 2 aromatic rings. The minimum absolute atomic E-state index is 0.521. The predicted molar refractivity (Wildman–Crippen MR) is 91.7 cm³/mol. The van der Waals surface area contributed by atoms with Crippen molar-refractivity contribution in [3.05, 3.63) is 41.0 Å². The fraction of sp³-hybridized carbons (Fsp3) is 0.500. The van der Waals surface area contributed by atoms with E-state index in [1.54, 1.807) is 6.20 Å². The van der Waals surface area contributed by atoms with Crippen molar-refractivity contribution < 1.29 is 0 Å². The van der Waals surface area contributed by atoms with Gasteiger partial charge in [-0.3, -0.25) is 10.00 Å². The van der Waals surface area contributed by atoms with Crippen LogP contribution in [0.5, 0.6) is 0 Å². The Bertz CT molecular complexity index is 751. The molecule has 6 heteroatoms. The number of nitrogens with zero attached hydrogens (tertiary/aromatic N) is 5. The molecule has 0 saturated carbocycles. The van der Waals surface area contributed by atoms with E-state index in [1.165, 1.54) is 36.2 Å². The summed E-state index contributed by atoms with van der Waals surface area (Å²) < 4.78 is 0. The number of H-pyrrole nitrogens is 1. The van der Waals surface area contributed by atoms with Crippen LogP contribution in [0.25, 0.3) is 0 Å². The summed E-state index contributed by atoms with van der Waals surface area (Å²) in [6.45, 7) is 4.75. The second-order valence-corrected chi connectivity index (χ2v) is 6.58. The van der Waals surface area contributed by atoms with E-state index in [-0.39, 0.29) is 0 Å². The predicted octanol–water partition coefficient (Wildman–Crippen LogP) is 1.88. The molecule has 2 aliphatic rings. The Morgan fingerprint density at radius 1 is 1.17 bits per heavy atom. The van der Waals surface area contributed by atoms with Crippen molar-refractivity contribution in [3.8, 4) is 6.07 Å². The smallest absolute Gasteiger partial charge is 0.163 e. The summed E-state index contributed by atoms with van der Waals surface area (Å²) >= 11 is 0. The van der Waals surface area contributed by atoms with Gasteiger partial charge in [-0.25, -0.2) is 4.98 Å². The van der Waals surface area contributed by atoms with Crippen molar-refractivity contribution in [2.24, 2.45) is 0 Å². The van der Waals surface area contributed by atoms with Crippen LogP contribution in [0.2, 0.25) is 0 Å². The van der Waals surface area contributed by atoms with Gasteiger partial charge in [0, 0.05) is 44.6 Å². The lowest BCUT2D eigenvalue weighted by molar-refractivity contribution is 0.246. The Kier molecular flexibility index (Phi) is 4.18. The van der Waals surface area contributed by atoms with Crippen LogP contribution >= 0.6 is 0 Å². The summed E-state index contributed by atoms with van der Waals surface area (Å²) in [6.07, 6.45) is 6.56. The molecule has 124 valence electrons. The Morgan fingerprint density at radius 2 is 2.00 bits per heavy atom. The zero-order chi connectivity index (χ0) is 16.4. The maximum atomic E-state index is 9.22. The van der Waals surface area contributed by atoms with E-state index in [0.29, 0.717) is 5.69 Å². The molecule has 0 bridgehead atoms. The number of aromatic amines is 1. The maximum absolute atomic E-state index is 9.22. The summed E-state index contributed by atoms with van der Waals surface area (Å²) in [6, 6.07) is 6.09. The number of anilines is 1. The van der Waals surface area contributed by atoms with Gasteiger partial charge < -0.3 is 4.90 Å². The van der Waals surface area contributed by atoms with Gasteiger partial charge in [0.05, 0.1) is 11.4 Å². The minimum atomic E-state index is 0.521. The monoisotopic (exact) mass is 322 g/mol. The highest BCUT2D eigenvalue weighted by Crippen LogP contribution is 2.24. The van der Waals surface area contributed by atoms with Gasteiger partial charge in [-0.1, -0.05) is 0 Å². The Morgan fingerprint density at radius 3 is 2.83 bits per heavy atom. The van der Waals surface area contributed by atoms with E-state index in [4.69, 9.17) is 0 Å². The first-order chi connectivity index (χ1) is 11.8. The van der Waals surface area contributed by atoms with Gasteiger partial charge in [-0.15, -0.1) is 0 Å². The van der Waals surface area contributed by atoms with Crippen molar-refractivity contribution >= 4 is 5.69 Å². The van der Waals surface area contributed by atoms with Crippen LogP contribution in [0.15, 0.2) is 18.3 Å². The summed E-state index contributed by atoms with van der Waals surface area (Å²) in [7, 11) is 0. The Hall–Kier alpha value is -2.39. The highest BCUT2D eigenvalue weighted by atomic mass is 15.3. The SMILES string of the molecule is N#Cc1ncccc1N1CCN(Cc2n[nH]c3c2CCCC3)CC1. The molecule has 0 spiro atoms. The molecule has 0 aromatic carbocycles. The number of fused-ring (bicyclic) bond motifs is 1. The first-order valence-electron chi connectivity index (χ1n) is 8.72. The average Bonchev–Trinajstić information content (AvgIpc) is 3.05. The summed E-state index contributed by atoms with van der Waals surface area (Å²) in [4.78, 5) is 8.90. The highest BCUT2D eigenvalue weighted by Gasteiger charge is 2.23. The number of rotatable bonds is 3. The molecule has 1 saturated heterocycles. The van der Waals surface area contributed by atoms with E-state index in [9.17, 15) is 5.26 Å². The molecule has 3 heterocycles. The molecule has 0 radical (unpaired) electrons. The van der Waals surface area contributed by atoms with Crippen molar-refractivity contribution in [3.63, 3.8) is 0 Å². The van der Waals surface area contributed by atoms with Crippen LogP contribution in [-0.2, 0) is 19.4 Å². The second kappa shape index (κ2) is 6.62. The van der Waals surface area contributed by atoms with Gasteiger partial charge in [0.1, 0.15) is 6.07 Å². The molecule has 24 heavy (non-hydrogen) atoms. The molecule has 2 aromatic heterocycles. The van der Waals surface area contributed by atoms with Crippen LogP contribution < -0.4 is 4.90 Å². The fourth-order valence-electron chi connectivity index (χ4n) is 3.78. The molecule has 6 nitrogen and oxygen atoms in total. The molecule has 0 atom stereocenters. The third kappa shape index (κ3) is 2.87. The molecule has 1 aliphatic carbocycles. The topological polar surface area (TPSA) is 71.8 Å². The second-order valence-electron chi connectivity index (χ2n) is 6.58. The van der Waals surface area contributed by atoms with Crippen LogP contribution in [-0.4, -0.2) is 46.3 Å². The standard InChI is InChI=1S/C18H22N6/c19-12-16-18(6-3-7-20-16)24-10-8-23(9-11-24)13-17-14-4-1-2-5-15(14)21-22-17/h3,6-7H,1-2,4-5,8-11,13H2,(H,21,22). The van der Waals surface area contributed by atoms with Crippen LogP contribution in [0.4, 0.5) is 5.69 Å². The summed E-state index contributed by atoms with van der Waals surface area (Å²) in [5.41, 5.74) is 5.52. The number of piperazine rings is 1. The third-order valence-corrected chi connectivity index (χ3v) is 5.12. The average molecular weight is 322 g/mol. The zero-order valence-corrected chi connectivity index (χ0v) is 13.8. The molecule has 1 fully saturated rings. The summed E-state index contributed by atoms with van der Waals surface area (Å²) in [5.74, 6) is 0. The van der Waals surface area contributed by atoms with Gasteiger partial charge in [0.25, 0.3) is 0 Å². The number of nitriles is 1. The number of hydrogen-bond donors (Lipinski definition) is 1. The third-order valence-electron chi connectivity index (χ3n) is 5.12. The first-order valence-corrected chi connectivity index (χ1v) is 8.72. The van der Waals surface area contributed by atoms with E-state index in [1.807, 2.05) is 12.1 Å². The molecular formula is C18H22N6. The molecule has 0 unspecified atom stereocenters. The van der Waals surface area contributed by atoms with Crippen molar-refractivity contribution in [1.29, 1.82) is 5.26 Å². The summed E-state index contributed by atoms with van der Waals surface area (Å²) in [5, 5.41) is 17.0. The van der Waals surface area contributed by atoms with Gasteiger partial charge in [0.2, 0.25) is 0 Å². The lowest BCUT2D eigenvalue weighted by Gasteiger charge is -2.36. The van der Waals surface area contributed by atoms with E-state index in [0.717, 1.165) is 44.8 Å². The van der Waals surface area contributed by atoms with Gasteiger partial charge in [-0.2, -0.15) is 10.4 Å². The van der Waals surface area contributed by atoms with Crippen molar-refractivity contribution in [2.75, 3.05) is 31.1 Å². The molecule has 1 aliphatic heterocycles. The van der Waals surface area contributed by atoms with Crippen molar-refractivity contribution in [2.45, 2.75) is 32.2 Å². The number of hydrogen-bond acceptors (Lipinski definition) is 5. The van der Waals surface area contributed by atoms with E-state index in [2.05, 4.69) is 31.1 Å². The van der Waals surface area contributed by atoms with E-state index < -0.39 is 0 Å². The first kappa shape index (κ1) is 15.2. The number of aromatic nitrogens is 3. The van der Waals surface area contributed by atoms with E-state index >= 15 is 0 Å². The minimum Gasteiger partial charge on any atom is -0.367 e. The highest BCUT2D eigenvalue weighted by molar-refractivity contribution is 5.55. The number of nitrogens with one attached hydrogen (secondary N) is 1. The normalized spacial score (nSPS) is 18.2. The van der Waals surface area contributed by atoms with Gasteiger partial charge >= 0.3 is 0 Å². The fourth-order valence-corrected chi connectivity index (χ4v) is 3.78. The zero-order valence-electron chi connectivity index (χ0n) is 13.8. The lowest BCUT2D eigenvalue weighted by Crippen LogP contribution is -2.46. The van der Waals surface area contributed by atoms with Crippen LogP contribution in [0.1, 0.15) is 35.5 Å². The molecule has 1 N–H and O–H groups in total.